The third-order valence-electron chi connectivity index (χ3n) is 0.357. The Labute approximate surface area is 63.2 Å². The van der Waals surface area contributed by atoms with Crippen LogP contribution in [0.1, 0.15) is 6.92 Å². The Morgan fingerprint density at radius 1 is 1.67 bits per heavy atom. The largest absolute Gasteiger partial charge is 0.479 e. The van der Waals surface area contributed by atoms with Crippen LogP contribution in [0.5, 0.6) is 0 Å². The van der Waals surface area contributed by atoms with Gasteiger partial charge in [0, 0.05) is 0 Å². The molecule has 3 nitrogen and oxygen atoms in total. The van der Waals surface area contributed by atoms with Crippen molar-refractivity contribution >= 4 is 29.2 Å². The van der Waals surface area contributed by atoms with E-state index in [1.807, 2.05) is 0 Å². The van der Waals surface area contributed by atoms with E-state index in [9.17, 15) is 4.79 Å². The maximum Gasteiger partial charge on any atom is 0.332 e. The van der Waals surface area contributed by atoms with E-state index in [0.717, 1.165) is 0 Å². The summed E-state index contributed by atoms with van der Waals surface area (Å²) in [6.45, 7) is 1.20. The molecule has 0 heterocycles. The Hall–Kier alpha value is 0.01000. The Kier molecular flexibility index (Phi) is 10.5. The number of halogens is 2. The van der Waals surface area contributed by atoms with Crippen molar-refractivity contribution in [1.82, 2.24) is 0 Å². The summed E-state index contributed by atoms with van der Waals surface area (Å²) in [6.07, 6.45) is -1.23. The molecule has 0 saturated carbocycles. The first kappa shape index (κ1) is 11.8. The fraction of sp³-hybridized carbons (Fsp3) is 0.750. The minimum atomic E-state index is -1.23. The predicted molar refractivity (Wildman–Crippen MR) is 35.9 cm³/mol. The van der Waals surface area contributed by atoms with Gasteiger partial charge in [0.1, 0.15) is 6.10 Å². The number of rotatable bonds is 1. The third kappa shape index (κ3) is 18.0. The molecule has 0 saturated heterocycles. The number of aliphatic carboxylic acids is 1. The van der Waals surface area contributed by atoms with Gasteiger partial charge in [0.15, 0.2) is 0 Å². The lowest BCUT2D eigenvalue weighted by Gasteiger charge is -1.89. The molecule has 0 radical (unpaired) electrons. The highest BCUT2D eigenvalue weighted by Crippen LogP contribution is 1.73. The molecule has 0 aliphatic carbocycles. The standard InChI is InChI=1S/C3H6O3.CH2Cl2/c1-2(4)3(5)6;2-1-3/h2,4H,1H3,(H,5,6);1H2. The van der Waals surface area contributed by atoms with Crippen LogP contribution in [-0.2, 0) is 4.79 Å². The first-order valence-corrected chi connectivity index (χ1v) is 3.16. The van der Waals surface area contributed by atoms with Crippen LogP contribution in [0, 0.1) is 0 Å². The molecule has 0 amide bonds. The van der Waals surface area contributed by atoms with Gasteiger partial charge in [0.2, 0.25) is 0 Å². The average Bonchev–Trinajstić information content (AvgIpc) is 1.68. The zero-order chi connectivity index (χ0) is 7.86. The maximum atomic E-state index is 9.45. The van der Waals surface area contributed by atoms with Gasteiger partial charge in [-0.05, 0) is 6.92 Å². The summed E-state index contributed by atoms with van der Waals surface area (Å²) in [6, 6.07) is 0. The van der Waals surface area contributed by atoms with E-state index in [4.69, 9.17) is 33.4 Å². The van der Waals surface area contributed by atoms with E-state index < -0.39 is 12.1 Å². The smallest absolute Gasteiger partial charge is 0.332 e. The summed E-state index contributed by atoms with van der Waals surface area (Å²) >= 11 is 9.53. The van der Waals surface area contributed by atoms with Gasteiger partial charge >= 0.3 is 5.97 Å². The van der Waals surface area contributed by atoms with Gasteiger partial charge < -0.3 is 10.2 Å². The molecule has 9 heavy (non-hydrogen) atoms. The van der Waals surface area contributed by atoms with E-state index in [2.05, 4.69) is 0 Å². The molecule has 5 heteroatoms. The number of alkyl halides is 2. The summed E-state index contributed by atoms with van der Waals surface area (Å²) < 4.78 is 0. The quantitative estimate of drug-likeness (QED) is 0.581. The van der Waals surface area contributed by atoms with E-state index in [1.54, 1.807) is 0 Å². The van der Waals surface area contributed by atoms with Crippen LogP contribution < -0.4 is 0 Å². The van der Waals surface area contributed by atoms with Gasteiger partial charge in [-0.2, -0.15) is 0 Å². The SMILES string of the molecule is CC(O)C(=O)O.ClCCl. The van der Waals surface area contributed by atoms with Crippen LogP contribution >= 0.6 is 23.2 Å². The highest BCUT2D eigenvalue weighted by molar-refractivity contribution is 6.40. The van der Waals surface area contributed by atoms with Gasteiger partial charge in [-0.15, -0.1) is 23.2 Å². The molecule has 0 bridgehead atoms. The topological polar surface area (TPSA) is 57.5 Å². The first-order chi connectivity index (χ1) is 4.06. The minimum Gasteiger partial charge on any atom is -0.479 e. The highest BCUT2D eigenvalue weighted by Gasteiger charge is 2.01. The Balaban J connectivity index is 0. The third-order valence-corrected chi connectivity index (χ3v) is 0.357. The number of carboxylic acids is 1. The Morgan fingerprint density at radius 3 is 1.78 bits per heavy atom. The lowest BCUT2D eigenvalue weighted by atomic mass is 10.4. The van der Waals surface area contributed by atoms with Gasteiger partial charge in [0.05, 0.1) is 5.34 Å². The Bertz CT molecular complexity index is 74.2. The van der Waals surface area contributed by atoms with Gasteiger partial charge in [-0.1, -0.05) is 0 Å². The number of carbonyl (C=O) groups is 1. The van der Waals surface area contributed by atoms with E-state index in [0.29, 0.717) is 0 Å². The van der Waals surface area contributed by atoms with Crippen molar-refractivity contribution in [2.24, 2.45) is 0 Å². The predicted octanol–water partition coefficient (Wildman–Crippen LogP) is 0.873. The number of aliphatic hydroxyl groups excluding tert-OH is 1. The zero-order valence-electron chi connectivity index (χ0n) is 4.84. The van der Waals surface area contributed by atoms with Crippen molar-refractivity contribution in [3.05, 3.63) is 0 Å². The first-order valence-electron chi connectivity index (χ1n) is 2.09. The second kappa shape index (κ2) is 8.01. The van der Waals surface area contributed by atoms with E-state index in [1.165, 1.54) is 6.92 Å². The molecule has 0 aromatic rings. The molecular formula is C4H8Cl2O3. The molecule has 1 unspecified atom stereocenters. The van der Waals surface area contributed by atoms with Crippen molar-refractivity contribution in [3.8, 4) is 0 Å². The van der Waals surface area contributed by atoms with Crippen LogP contribution in [0.2, 0.25) is 0 Å². The fourth-order valence-corrected chi connectivity index (χ4v) is 0. The molecule has 2 N–H and O–H groups in total. The lowest BCUT2D eigenvalue weighted by molar-refractivity contribution is -0.145. The minimum absolute atomic E-state index is 0.194. The van der Waals surface area contributed by atoms with Crippen molar-refractivity contribution in [2.75, 3.05) is 5.34 Å². The van der Waals surface area contributed by atoms with Crippen LogP contribution in [0.25, 0.3) is 0 Å². The van der Waals surface area contributed by atoms with Gasteiger partial charge in [-0.25, -0.2) is 4.79 Å². The molecule has 0 rings (SSSR count). The zero-order valence-corrected chi connectivity index (χ0v) is 6.35. The van der Waals surface area contributed by atoms with Crippen LogP contribution in [-0.4, -0.2) is 27.6 Å². The van der Waals surface area contributed by atoms with Crippen molar-refractivity contribution < 1.29 is 15.0 Å². The molecule has 1 atom stereocenters. The second-order valence-corrected chi connectivity index (χ2v) is 1.92. The molecule has 0 spiro atoms. The Morgan fingerprint density at radius 2 is 1.78 bits per heavy atom. The number of aliphatic hydroxyl groups is 1. The van der Waals surface area contributed by atoms with Crippen molar-refractivity contribution in [3.63, 3.8) is 0 Å². The number of hydrogen-bond acceptors (Lipinski definition) is 2. The summed E-state index contributed by atoms with van der Waals surface area (Å²) in [5, 5.41) is 16.0. The summed E-state index contributed by atoms with van der Waals surface area (Å²) in [5.41, 5.74) is 0. The lowest BCUT2D eigenvalue weighted by Crippen LogP contribution is -2.13. The monoisotopic (exact) mass is 174 g/mol. The fourth-order valence-electron chi connectivity index (χ4n) is 0. The molecule has 0 aromatic heterocycles. The number of hydrogen-bond donors (Lipinski definition) is 2. The van der Waals surface area contributed by atoms with Crippen LogP contribution in [0.4, 0.5) is 0 Å². The van der Waals surface area contributed by atoms with Crippen LogP contribution in [0.15, 0.2) is 0 Å². The number of carboxylic acid groups (broad SMARTS) is 1. The molecule has 0 aromatic carbocycles. The highest BCUT2D eigenvalue weighted by atomic mass is 35.5. The van der Waals surface area contributed by atoms with Crippen LogP contribution in [0.3, 0.4) is 0 Å². The summed E-state index contributed by atoms with van der Waals surface area (Å²) in [5.74, 6) is -1.19. The normalized spacial score (nSPS) is 11.1. The molecule has 0 aliphatic rings. The van der Waals surface area contributed by atoms with E-state index in [-0.39, 0.29) is 5.34 Å². The molecular weight excluding hydrogens is 167 g/mol. The maximum absolute atomic E-state index is 9.45. The van der Waals surface area contributed by atoms with Crippen molar-refractivity contribution in [1.29, 1.82) is 0 Å². The van der Waals surface area contributed by atoms with Gasteiger partial charge in [0.25, 0.3) is 0 Å². The second-order valence-electron chi connectivity index (χ2n) is 1.12. The summed E-state index contributed by atoms with van der Waals surface area (Å²) in [4.78, 5) is 9.45. The molecule has 0 fully saturated rings. The van der Waals surface area contributed by atoms with Gasteiger partial charge in [-0.3, -0.25) is 0 Å². The average molecular weight is 175 g/mol. The molecule has 56 valence electrons. The summed E-state index contributed by atoms with van der Waals surface area (Å²) in [7, 11) is 0. The van der Waals surface area contributed by atoms with E-state index >= 15 is 0 Å². The molecule has 0 aliphatic heterocycles. The van der Waals surface area contributed by atoms with Crippen molar-refractivity contribution in [2.45, 2.75) is 13.0 Å².